The molecule has 0 aliphatic carbocycles. The standard InChI is InChI=1S/C17H25N3/c1-5-14(4)20-9-8-15(19-20)11-17(18)16-10-12(2)6-7-13(16)3/h6-10,14,17H,5,11,18H2,1-4H3. The van der Waals surface area contributed by atoms with Crippen molar-refractivity contribution in [1.29, 1.82) is 0 Å². The number of nitrogens with two attached hydrogens (primary N) is 1. The van der Waals surface area contributed by atoms with E-state index in [0.29, 0.717) is 6.04 Å². The summed E-state index contributed by atoms with van der Waals surface area (Å²) >= 11 is 0. The van der Waals surface area contributed by atoms with Crippen LogP contribution in [0.4, 0.5) is 0 Å². The molecule has 0 aliphatic heterocycles. The minimum Gasteiger partial charge on any atom is -0.324 e. The topological polar surface area (TPSA) is 43.8 Å². The van der Waals surface area contributed by atoms with Gasteiger partial charge in [0.1, 0.15) is 0 Å². The van der Waals surface area contributed by atoms with Crippen molar-refractivity contribution in [3.63, 3.8) is 0 Å². The van der Waals surface area contributed by atoms with Crippen molar-refractivity contribution in [2.75, 3.05) is 0 Å². The van der Waals surface area contributed by atoms with Gasteiger partial charge in [0, 0.05) is 24.7 Å². The van der Waals surface area contributed by atoms with Crippen molar-refractivity contribution in [2.24, 2.45) is 5.73 Å². The van der Waals surface area contributed by atoms with Crippen LogP contribution >= 0.6 is 0 Å². The molecule has 2 N–H and O–H groups in total. The van der Waals surface area contributed by atoms with Gasteiger partial charge in [-0.15, -0.1) is 0 Å². The van der Waals surface area contributed by atoms with Crippen molar-refractivity contribution in [2.45, 2.75) is 52.6 Å². The average molecular weight is 271 g/mol. The van der Waals surface area contributed by atoms with E-state index in [2.05, 4.69) is 63.3 Å². The van der Waals surface area contributed by atoms with Crippen molar-refractivity contribution >= 4 is 0 Å². The van der Waals surface area contributed by atoms with E-state index in [1.54, 1.807) is 0 Å². The Balaban J connectivity index is 2.13. The van der Waals surface area contributed by atoms with Crippen molar-refractivity contribution in [1.82, 2.24) is 9.78 Å². The number of benzene rings is 1. The predicted octanol–water partition coefficient (Wildman–Crippen LogP) is 3.71. The first-order valence-corrected chi connectivity index (χ1v) is 7.38. The van der Waals surface area contributed by atoms with Gasteiger partial charge in [-0.1, -0.05) is 30.7 Å². The summed E-state index contributed by atoms with van der Waals surface area (Å²) in [6.07, 6.45) is 3.93. The third-order valence-corrected chi connectivity index (χ3v) is 3.97. The molecule has 0 radical (unpaired) electrons. The summed E-state index contributed by atoms with van der Waals surface area (Å²) in [5.74, 6) is 0. The normalized spacial score (nSPS) is 14.2. The molecule has 3 heteroatoms. The van der Waals surface area contributed by atoms with Gasteiger partial charge < -0.3 is 5.73 Å². The number of aryl methyl sites for hydroxylation is 2. The van der Waals surface area contributed by atoms with Gasteiger partial charge >= 0.3 is 0 Å². The molecule has 1 aromatic heterocycles. The SMILES string of the molecule is CCC(C)n1ccc(CC(N)c2cc(C)ccc2C)n1. The summed E-state index contributed by atoms with van der Waals surface area (Å²) in [4.78, 5) is 0. The molecule has 0 amide bonds. The highest BCUT2D eigenvalue weighted by Crippen LogP contribution is 2.21. The fourth-order valence-electron chi connectivity index (χ4n) is 2.41. The molecule has 0 saturated carbocycles. The highest BCUT2D eigenvalue weighted by molar-refractivity contribution is 5.33. The summed E-state index contributed by atoms with van der Waals surface area (Å²) in [5.41, 5.74) is 11.2. The monoisotopic (exact) mass is 271 g/mol. The Hall–Kier alpha value is -1.61. The first kappa shape index (κ1) is 14.8. The van der Waals surface area contributed by atoms with Crippen LogP contribution in [0.25, 0.3) is 0 Å². The van der Waals surface area contributed by atoms with E-state index in [9.17, 15) is 0 Å². The van der Waals surface area contributed by atoms with Crippen molar-refractivity contribution in [3.8, 4) is 0 Å². The Kier molecular flexibility index (Phi) is 4.61. The number of hydrogen-bond acceptors (Lipinski definition) is 2. The maximum absolute atomic E-state index is 6.37. The minimum absolute atomic E-state index is 0.00943. The molecule has 3 nitrogen and oxygen atoms in total. The van der Waals surface area contributed by atoms with Gasteiger partial charge in [0.2, 0.25) is 0 Å². The van der Waals surface area contributed by atoms with Crippen LogP contribution in [0.15, 0.2) is 30.5 Å². The van der Waals surface area contributed by atoms with Gasteiger partial charge in [0.05, 0.1) is 5.69 Å². The lowest BCUT2D eigenvalue weighted by atomic mass is 9.96. The molecular formula is C17H25N3. The summed E-state index contributed by atoms with van der Waals surface area (Å²) in [7, 11) is 0. The van der Waals surface area contributed by atoms with E-state index in [1.807, 2.05) is 4.68 Å². The lowest BCUT2D eigenvalue weighted by molar-refractivity contribution is 0.472. The number of rotatable bonds is 5. The average Bonchev–Trinajstić information content (AvgIpc) is 2.89. The second-order valence-electron chi connectivity index (χ2n) is 5.72. The third-order valence-electron chi connectivity index (χ3n) is 3.97. The first-order chi connectivity index (χ1) is 9.51. The molecule has 1 aromatic carbocycles. The number of hydrogen-bond donors (Lipinski definition) is 1. The Morgan fingerprint density at radius 2 is 2.00 bits per heavy atom. The summed E-state index contributed by atoms with van der Waals surface area (Å²) in [6.45, 7) is 8.58. The van der Waals surface area contributed by atoms with Gasteiger partial charge in [-0.3, -0.25) is 4.68 Å². The van der Waals surface area contributed by atoms with Crippen LogP contribution < -0.4 is 5.73 Å². The van der Waals surface area contributed by atoms with Gasteiger partial charge in [-0.2, -0.15) is 5.10 Å². The summed E-state index contributed by atoms with van der Waals surface area (Å²) in [6, 6.07) is 8.99. The van der Waals surface area contributed by atoms with Crippen LogP contribution in [0, 0.1) is 13.8 Å². The second-order valence-corrected chi connectivity index (χ2v) is 5.72. The molecule has 2 rings (SSSR count). The third kappa shape index (κ3) is 3.28. The van der Waals surface area contributed by atoms with E-state index in [-0.39, 0.29) is 6.04 Å². The van der Waals surface area contributed by atoms with Gasteiger partial charge in [0.25, 0.3) is 0 Å². The molecule has 2 atom stereocenters. The van der Waals surface area contributed by atoms with Crippen molar-refractivity contribution < 1.29 is 0 Å². The first-order valence-electron chi connectivity index (χ1n) is 7.38. The van der Waals surface area contributed by atoms with Crippen LogP contribution in [0.2, 0.25) is 0 Å². The van der Waals surface area contributed by atoms with Crippen LogP contribution in [-0.2, 0) is 6.42 Å². The van der Waals surface area contributed by atoms with Crippen LogP contribution in [0.5, 0.6) is 0 Å². The molecule has 108 valence electrons. The second kappa shape index (κ2) is 6.23. The van der Waals surface area contributed by atoms with Gasteiger partial charge in [-0.25, -0.2) is 0 Å². The molecule has 2 aromatic rings. The smallest absolute Gasteiger partial charge is 0.0643 e. The molecular weight excluding hydrogens is 246 g/mol. The zero-order valence-corrected chi connectivity index (χ0v) is 12.9. The van der Waals surface area contributed by atoms with Crippen LogP contribution in [0.3, 0.4) is 0 Å². The Labute approximate surface area is 121 Å². The van der Waals surface area contributed by atoms with E-state index < -0.39 is 0 Å². The molecule has 0 spiro atoms. The predicted molar refractivity (Wildman–Crippen MR) is 83.8 cm³/mol. The molecule has 0 bridgehead atoms. The van der Waals surface area contributed by atoms with E-state index in [0.717, 1.165) is 18.5 Å². The largest absolute Gasteiger partial charge is 0.324 e. The van der Waals surface area contributed by atoms with E-state index in [1.165, 1.54) is 16.7 Å². The lowest BCUT2D eigenvalue weighted by Crippen LogP contribution is -2.15. The maximum atomic E-state index is 6.37. The number of nitrogens with zero attached hydrogens (tertiary/aromatic N) is 2. The Morgan fingerprint density at radius 3 is 2.70 bits per heavy atom. The Morgan fingerprint density at radius 1 is 1.25 bits per heavy atom. The highest BCUT2D eigenvalue weighted by Gasteiger charge is 2.12. The molecule has 20 heavy (non-hydrogen) atoms. The summed E-state index contributed by atoms with van der Waals surface area (Å²) < 4.78 is 2.03. The fraction of sp³-hybridized carbons (Fsp3) is 0.471. The molecule has 0 aliphatic rings. The van der Waals surface area contributed by atoms with E-state index >= 15 is 0 Å². The van der Waals surface area contributed by atoms with Crippen LogP contribution in [-0.4, -0.2) is 9.78 Å². The Bertz CT molecular complexity index is 571. The van der Waals surface area contributed by atoms with Gasteiger partial charge in [-0.05, 0) is 44.4 Å². The fourth-order valence-corrected chi connectivity index (χ4v) is 2.41. The number of aromatic nitrogens is 2. The van der Waals surface area contributed by atoms with E-state index in [4.69, 9.17) is 5.73 Å². The molecule has 0 saturated heterocycles. The summed E-state index contributed by atoms with van der Waals surface area (Å²) in [5, 5.41) is 4.64. The van der Waals surface area contributed by atoms with Crippen LogP contribution in [0.1, 0.15) is 54.7 Å². The van der Waals surface area contributed by atoms with Crippen molar-refractivity contribution in [3.05, 3.63) is 52.8 Å². The zero-order chi connectivity index (χ0) is 14.7. The lowest BCUT2D eigenvalue weighted by Gasteiger charge is -2.14. The molecule has 2 unspecified atom stereocenters. The van der Waals surface area contributed by atoms with Gasteiger partial charge in [0.15, 0.2) is 0 Å². The molecule has 1 heterocycles. The molecule has 0 fully saturated rings. The quantitative estimate of drug-likeness (QED) is 0.900. The zero-order valence-electron chi connectivity index (χ0n) is 12.9. The maximum Gasteiger partial charge on any atom is 0.0643 e. The highest BCUT2D eigenvalue weighted by atomic mass is 15.3. The minimum atomic E-state index is 0.00943.